The highest BCUT2D eigenvalue weighted by Gasteiger charge is 2.23. The van der Waals surface area contributed by atoms with Crippen molar-refractivity contribution in [2.24, 2.45) is 5.92 Å². The van der Waals surface area contributed by atoms with Crippen molar-refractivity contribution in [1.29, 1.82) is 0 Å². The van der Waals surface area contributed by atoms with E-state index in [4.69, 9.17) is 0 Å². The van der Waals surface area contributed by atoms with Gasteiger partial charge in [0.25, 0.3) is 0 Å². The molecule has 1 unspecified atom stereocenters. The molecule has 1 aromatic heterocycles. The molecule has 5 heteroatoms. The summed E-state index contributed by atoms with van der Waals surface area (Å²) in [4.78, 5) is 14.8. The molecule has 2 N–H and O–H groups in total. The third-order valence-electron chi connectivity index (χ3n) is 3.57. The van der Waals surface area contributed by atoms with Crippen molar-refractivity contribution in [3.8, 4) is 0 Å². The third-order valence-corrected chi connectivity index (χ3v) is 4.55. The monoisotopic (exact) mass is 302 g/mol. The second-order valence-corrected chi connectivity index (χ2v) is 6.60. The van der Waals surface area contributed by atoms with Crippen molar-refractivity contribution in [3.63, 3.8) is 0 Å². The number of thiophene rings is 1. The molecule has 108 valence electrons. The van der Waals surface area contributed by atoms with Gasteiger partial charge in [0.2, 0.25) is 5.91 Å². The number of amides is 1. The first-order valence-electron chi connectivity index (χ1n) is 6.66. The minimum atomic E-state index is 0. The van der Waals surface area contributed by atoms with Gasteiger partial charge >= 0.3 is 0 Å². The molecule has 1 aliphatic rings. The Morgan fingerprint density at radius 2 is 2.26 bits per heavy atom. The Kier molecular flexibility index (Phi) is 6.30. The van der Waals surface area contributed by atoms with Gasteiger partial charge < -0.3 is 10.6 Å². The van der Waals surface area contributed by atoms with E-state index in [1.54, 1.807) is 11.3 Å². The molecule has 1 aliphatic heterocycles. The Hall–Kier alpha value is -0.580. The normalized spacial score (nSPS) is 20.5. The molecule has 3 nitrogen and oxygen atoms in total. The molecule has 2 rings (SSSR count). The van der Waals surface area contributed by atoms with Gasteiger partial charge in [-0.2, -0.15) is 0 Å². The van der Waals surface area contributed by atoms with Crippen LogP contribution in [0.1, 0.15) is 41.1 Å². The van der Waals surface area contributed by atoms with Gasteiger partial charge in [-0.25, -0.2) is 0 Å². The lowest BCUT2D eigenvalue weighted by Crippen LogP contribution is -2.41. The Morgan fingerprint density at radius 3 is 2.79 bits per heavy atom. The zero-order chi connectivity index (χ0) is 13.1. The molecule has 0 spiro atoms. The summed E-state index contributed by atoms with van der Waals surface area (Å²) in [6.07, 6.45) is 2.11. The molecule has 1 amide bonds. The second kappa shape index (κ2) is 7.27. The zero-order valence-electron chi connectivity index (χ0n) is 11.8. The smallest absolute Gasteiger partial charge is 0.224 e. The van der Waals surface area contributed by atoms with E-state index in [-0.39, 0.29) is 30.3 Å². The third kappa shape index (κ3) is 4.20. The van der Waals surface area contributed by atoms with Crippen molar-refractivity contribution in [1.82, 2.24) is 10.6 Å². The van der Waals surface area contributed by atoms with Crippen LogP contribution >= 0.6 is 23.7 Å². The van der Waals surface area contributed by atoms with E-state index in [2.05, 4.69) is 37.5 Å². The van der Waals surface area contributed by atoms with Crippen molar-refractivity contribution in [3.05, 3.63) is 21.4 Å². The largest absolute Gasteiger partial charge is 0.349 e. The lowest BCUT2D eigenvalue weighted by molar-refractivity contribution is -0.126. The van der Waals surface area contributed by atoms with Crippen molar-refractivity contribution in [2.45, 2.75) is 39.7 Å². The fourth-order valence-corrected chi connectivity index (χ4v) is 3.59. The molecule has 0 bridgehead atoms. The first-order valence-corrected chi connectivity index (χ1v) is 7.47. The van der Waals surface area contributed by atoms with Crippen LogP contribution in [0.2, 0.25) is 0 Å². The van der Waals surface area contributed by atoms with E-state index >= 15 is 0 Å². The van der Waals surface area contributed by atoms with Gasteiger partial charge in [0.15, 0.2) is 0 Å². The van der Waals surface area contributed by atoms with Gasteiger partial charge in [-0.15, -0.1) is 23.7 Å². The van der Waals surface area contributed by atoms with E-state index in [1.165, 1.54) is 15.3 Å². The summed E-state index contributed by atoms with van der Waals surface area (Å²) in [5, 5.41) is 6.43. The number of carbonyl (C=O) groups excluding carboxylic acids is 1. The van der Waals surface area contributed by atoms with Crippen LogP contribution in [0, 0.1) is 19.8 Å². The highest BCUT2D eigenvalue weighted by Crippen LogP contribution is 2.26. The lowest BCUT2D eigenvalue weighted by Gasteiger charge is -2.24. The minimum Gasteiger partial charge on any atom is -0.349 e. The van der Waals surface area contributed by atoms with Crippen LogP contribution in [0.3, 0.4) is 0 Å². The summed E-state index contributed by atoms with van der Waals surface area (Å²) >= 11 is 1.80. The lowest BCUT2D eigenvalue weighted by atomic mass is 9.98. The maximum absolute atomic E-state index is 12.2. The highest BCUT2D eigenvalue weighted by atomic mass is 35.5. The van der Waals surface area contributed by atoms with Gasteiger partial charge in [0, 0.05) is 16.3 Å². The molecule has 0 aromatic carbocycles. The van der Waals surface area contributed by atoms with Crippen LogP contribution in [0.4, 0.5) is 0 Å². The SMILES string of the molecule is Cc1cc(C(C)NC(=O)[C@@H]2CCCNC2)c(C)s1.Cl. The molecule has 0 aliphatic carbocycles. The average Bonchev–Trinajstić information content (AvgIpc) is 2.69. The maximum atomic E-state index is 12.2. The van der Waals surface area contributed by atoms with Gasteiger partial charge in [0.05, 0.1) is 12.0 Å². The minimum absolute atomic E-state index is 0. The van der Waals surface area contributed by atoms with Crippen LogP contribution < -0.4 is 10.6 Å². The molecule has 0 saturated carbocycles. The predicted molar refractivity (Wildman–Crippen MR) is 83.2 cm³/mol. The fourth-order valence-electron chi connectivity index (χ4n) is 2.56. The van der Waals surface area contributed by atoms with Crippen LogP contribution in [0.15, 0.2) is 6.07 Å². The van der Waals surface area contributed by atoms with Crippen LogP contribution in [0.25, 0.3) is 0 Å². The Labute approximate surface area is 125 Å². The van der Waals surface area contributed by atoms with E-state index in [0.717, 1.165) is 25.9 Å². The van der Waals surface area contributed by atoms with Gasteiger partial charge in [0.1, 0.15) is 0 Å². The van der Waals surface area contributed by atoms with E-state index < -0.39 is 0 Å². The van der Waals surface area contributed by atoms with Crippen molar-refractivity contribution in [2.75, 3.05) is 13.1 Å². The van der Waals surface area contributed by atoms with Gasteiger partial charge in [-0.1, -0.05) is 0 Å². The summed E-state index contributed by atoms with van der Waals surface area (Å²) in [5.74, 6) is 0.333. The van der Waals surface area contributed by atoms with Gasteiger partial charge in [-0.05, 0) is 51.8 Å². The zero-order valence-corrected chi connectivity index (χ0v) is 13.4. The van der Waals surface area contributed by atoms with E-state index in [1.807, 2.05) is 0 Å². The Balaban J connectivity index is 0.00000180. The number of rotatable bonds is 3. The van der Waals surface area contributed by atoms with Crippen LogP contribution in [0.5, 0.6) is 0 Å². The summed E-state index contributed by atoms with van der Waals surface area (Å²) in [5.41, 5.74) is 1.26. The van der Waals surface area contributed by atoms with Crippen molar-refractivity contribution >= 4 is 29.7 Å². The first-order chi connectivity index (χ1) is 8.58. The number of aryl methyl sites for hydroxylation is 2. The predicted octanol–water partition coefficient (Wildman–Crippen LogP) is 2.96. The topological polar surface area (TPSA) is 41.1 Å². The quantitative estimate of drug-likeness (QED) is 0.901. The first kappa shape index (κ1) is 16.5. The highest BCUT2D eigenvalue weighted by molar-refractivity contribution is 7.12. The Bertz CT molecular complexity index is 427. The number of hydrogen-bond acceptors (Lipinski definition) is 3. The average molecular weight is 303 g/mol. The van der Waals surface area contributed by atoms with Gasteiger partial charge in [-0.3, -0.25) is 4.79 Å². The molecule has 1 aromatic rings. The molecule has 1 fully saturated rings. The second-order valence-electron chi connectivity index (χ2n) is 5.14. The number of carbonyl (C=O) groups is 1. The summed E-state index contributed by atoms with van der Waals surface area (Å²) in [7, 11) is 0. The number of piperidine rings is 1. The number of halogens is 1. The molecular formula is C14H23ClN2OS. The number of hydrogen-bond donors (Lipinski definition) is 2. The van der Waals surface area contributed by atoms with Crippen LogP contribution in [-0.4, -0.2) is 19.0 Å². The standard InChI is InChI=1S/C14H22N2OS.ClH/c1-9-7-13(11(3)18-9)10(2)16-14(17)12-5-4-6-15-8-12;/h7,10,12,15H,4-6,8H2,1-3H3,(H,16,17);1H/t10?,12-;/m1./s1. The molecule has 1 saturated heterocycles. The number of nitrogens with one attached hydrogen (secondary N) is 2. The Morgan fingerprint density at radius 1 is 1.53 bits per heavy atom. The maximum Gasteiger partial charge on any atom is 0.224 e. The summed E-state index contributed by atoms with van der Waals surface area (Å²) in [6, 6.07) is 2.30. The van der Waals surface area contributed by atoms with Crippen LogP contribution in [-0.2, 0) is 4.79 Å². The van der Waals surface area contributed by atoms with E-state index in [0.29, 0.717) is 0 Å². The summed E-state index contributed by atoms with van der Waals surface area (Å²) in [6.45, 7) is 8.17. The summed E-state index contributed by atoms with van der Waals surface area (Å²) < 4.78 is 0. The molecule has 0 radical (unpaired) electrons. The van der Waals surface area contributed by atoms with E-state index in [9.17, 15) is 4.79 Å². The molecule has 2 atom stereocenters. The molecular weight excluding hydrogens is 280 g/mol. The molecule has 19 heavy (non-hydrogen) atoms. The fraction of sp³-hybridized carbons (Fsp3) is 0.643. The van der Waals surface area contributed by atoms with Crippen molar-refractivity contribution < 1.29 is 4.79 Å². The molecule has 2 heterocycles.